The van der Waals surface area contributed by atoms with Crippen molar-refractivity contribution in [2.24, 2.45) is 0 Å². The van der Waals surface area contributed by atoms with E-state index < -0.39 is 0 Å². The second-order valence-electron chi connectivity index (χ2n) is 8.39. The van der Waals surface area contributed by atoms with E-state index in [2.05, 4.69) is 11.9 Å². The van der Waals surface area contributed by atoms with E-state index in [0.717, 1.165) is 53.0 Å². The average molecular weight is 462 g/mol. The second kappa shape index (κ2) is 11.3. The number of aromatic nitrogens is 1. The van der Waals surface area contributed by atoms with Gasteiger partial charge in [0.25, 0.3) is 0 Å². The lowest BCUT2D eigenvalue weighted by molar-refractivity contribution is 0.304. The van der Waals surface area contributed by atoms with E-state index in [9.17, 15) is 0 Å². The van der Waals surface area contributed by atoms with Crippen LogP contribution in [0, 0.1) is 5.82 Å². The monoisotopic (exact) mass is 461 g/mol. The molecular weight excluding hydrogens is 433 g/mol. The summed E-state index contributed by atoms with van der Waals surface area (Å²) in [5.74, 6) is 0.639. The third kappa shape index (κ3) is 6.11. The van der Waals surface area contributed by atoms with Crippen molar-refractivity contribution in [1.82, 2.24) is 4.98 Å². The Morgan fingerprint density at radius 1 is 0.879 bits per heavy atom. The third-order valence-corrected chi connectivity index (χ3v) is 6.18. The minimum Gasteiger partial charge on any atom is -0.492 e. The first-order valence-corrected chi connectivity index (χ1v) is 12.1. The van der Waals surface area contributed by atoms with Crippen molar-refractivity contribution in [2.45, 2.75) is 45.4 Å². The van der Waals surface area contributed by atoms with Crippen molar-refractivity contribution in [3.05, 3.63) is 94.9 Å². The summed E-state index contributed by atoms with van der Waals surface area (Å²) in [6, 6.07) is 21.3. The van der Waals surface area contributed by atoms with Gasteiger partial charge in [-0.25, -0.2) is 4.39 Å². The van der Waals surface area contributed by atoms with Crippen LogP contribution in [-0.4, -0.2) is 11.6 Å². The van der Waals surface area contributed by atoms with Crippen LogP contribution in [0.4, 0.5) is 4.39 Å². The van der Waals surface area contributed by atoms with Crippen molar-refractivity contribution in [2.75, 3.05) is 6.61 Å². The van der Waals surface area contributed by atoms with Gasteiger partial charge < -0.3 is 4.74 Å². The molecule has 0 saturated carbocycles. The number of unbranched alkanes of at least 4 members (excludes halogenated alkanes) is 3. The predicted molar refractivity (Wildman–Crippen MR) is 136 cm³/mol. The maximum Gasteiger partial charge on any atom is 0.137 e. The van der Waals surface area contributed by atoms with Gasteiger partial charge in [-0.05, 0) is 66.1 Å². The first kappa shape index (κ1) is 23.3. The Balaban J connectivity index is 1.43. The molecule has 1 aromatic heterocycles. The molecular formula is C29H29ClFNO. The molecule has 0 aliphatic rings. The zero-order chi connectivity index (χ0) is 23.0. The van der Waals surface area contributed by atoms with Gasteiger partial charge in [0, 0.05) is 16.0 Å². The van der Waals surface area contributed by atoms with Crippen molar-refractivity contribution >= 4 is 22.4 Å². The number of ether oxygens (including phenoxy) is 1. The molecule has 0 N–H and O–H groups in total. The largest absolute Gasteiger partial charge is 0.492 e. The molecule has 0 amide bonds. The van der Waals surface area contributed by atoms with Gasteiger partial charge in [-0.2, -0.15) is 0 Å². The average Bonchev–Trinajstić information content (AvgIpc) is 2.85. The van der Waals surface area contributed by atoms with Crippen LogP contribution in [0.5, 0.6) is 5.75 Å². The molecule has 2 nitrogen and oxygen atoms in total. The zero-order valence-corrected chi connectivity index (χ0v) is 19.7. The van der Waals surface area contributed by atoms with E-state index >= 15 is 4.39 Å². The van der Waals surface area contributed by atoms with Crippen LogP contribution >= 0.6 is 11.6 Å². The Bertz CT molecular complexity index is 1190. The highest BCUT2D eigenvalue weighted by Gasteiger charge is 2.10. The number of hydrogen-bond acceptors (Lipinski definition) is 2. The van der Waals surface area contributed by atoms with Gasteiger partial charge in [0.2, 0.25) is 0 Å². The van der Waals surface area contributed by atoms with Crippen LogP contribution in [0.1, 0.15) is 43.7 Å². The number of rotatable bonds is 10. The summed E-state index contributed by atoms with van der Waals surface area (Å²) in [7, 11) is 0. The van der Waals surface area contributed by atoms with Gasteiger partial charge in [-0.1, -0.05) is 74.2 Å². The molecule has 0 radical (unpaired) electrons. The van der Waals surface area contributed by atoms with Crippen molar-refractivity contribution in [3.63, 3.8) is 0 Å². The van der Waals surface area contributed by atoms with Crippen molar-refractivity contribution in [3.8, 4) is 17.0 Å². The maximum atomic E-state index is 15.2. The molecule has 3 aromatic carbocycles. The lowest BCUT2D eigenvalue weighted by Gasteiger charge is -2.10. The van der Waals surface area contributed by atoms with Gasteiger partial charge in [0.1, 0.15) is 11.6 Å². The van der Waals surface area contributed by atoms with Gasteiger partial charge in [-0.3, -0.25) is 4.98 Å². The Kier molecular flexibility index (Phi) is 7.96. The van der Waals surface area contributed by atoms with Crippen LogP contribution in [-0.2, 0) is 12.8 Å². The number of halogens is 2. The van der Waals surface area contributed by atoms with Gasteiger partial charge in [-0.15, -0.1) is 0 Å². The fraction of sp³-hybridized carbons (Fsp3) is 0.276. The minimum absolute atomic E-state index is 0.146. The third-order valence-electron chi connectivity index (χ3n) is 5.93. The number of hydrogen-bond donors (Lipinski definition) is 0. The quantitative estimate of drug-likeness (QED) is 0.221. The van der Waals surface area contributed by atoms with Crippen LogP contribution < -0.4 is 4.74 Å². The first-order chi connectivity index (χ1) is 16.1. The molecule has 0 aliphatic heterocycles. The summed E-state index contributed by atoms with van der Waals surface area (Å²) in [6.07, 6.45) is 7.90. The smallest absolute Gasteiger partial charge is 0.137 e. The fourth-order valence-electron chi connectivity index (χ4n) is 3.97. The number of pyridine rings is 1. The van der Waals surface area contributed by atoms with E-state index in [1.807, 2.05) is 66.7 Å². The molecule has 0 bridgehead atoms. The Labute approximate surface area is 200 Å². The highest BCUT2D eigenvalue weighted by molar-refractivity contribution is 6.30. The maximum absolute atomic E-state index is 15.2. The Morgan fingerprint density at radius 3 is 2.48 bits per heavy atom. The van der Waals surface area contributed by atoms with E-state index in [4.69, 9.17) is 16.3 Å². The number of fused-ring (bicyclic) bond motifs is 1. The summed E-state index contributed by atoms with van der Waals surface area (Å²) >= 11 is 5.95. The predicted octanol–water partition coefficient (Wildman–Crippen LogP) is 8.44. The first-order valence-electron chi connectivity index (χ1n) is 11.7. The van der Waals surface area contributed by atoms with Crippen LogP contribution in [0.25, 0.3) is 22.0 Å². The van der Waals surface area contributed by atoms with Crippen LogP contribution in [0.2, 0.25) is 5.02 Å². The molecule has 170 valence electrons. The highest BCUT2D eigenvalue weighted by atomic mass is 35.5. The normalized spacial score (nSPS) is 11.1. The summed E-state index contributed by atoms with van der Waals surface area (Å²) in [6.45, 7) is 2.92. The fourth-order valence-corrected chi connectivity index (χ4v) is 4.10. The molecule has 1 heterocycles. The lowest BCUT2D eigenvalue weighted by atomic mass is 9.98. The Hall–Kier alpha value is -2.91. The standard InChI is InChI=1S/C29H29ClFNO/c1-2-3-4-5-18-33-26-15-17-28(32-20-26)24-12-16-27-23(19-24)11-10-22(29(27)31)9-6-21-7-13-25(30)14-8-21/h7-8,10-17,19-20H,2-6,9,18H2,1H3. The SMILES string of the molecule is CCCCCCOc1ccc(-c2ccc3c(F)c(CCc4ccc(Cl)cc4)ccc3c2)nc1. The lowest BCUT2D eigenvalue weighted by Crippen LogP contribution is -1.98. The van der Waals surface area contributed by atoms with Crippen LogP contribution in [0.3, 0.4) is 0 Å². The zero-order valence-electron chi connectivity index (χ0n) is 19.0. The number of benzene rings is 3. The molecule has 0 saturated heterocycles. The van der Waals surface area contributed by atoms with Crippen molar-refractivity contribution < 1.29 is 9.13 Å². The second-order valence-corrected chi connectivity index (χ2v) is 8.83. The van der Waals surface area contributed by atoms with Crippen LogP contribution in [0.15, 0.2) is 72.9 Å². The van der Waals surface area contributed by atoms with E-state index in [1.54, 1.807) is 6.20 Å². The molecule has 0 spiro atoms. The van der Waals surface area contributed by atoms with Gasteiger partial charge >= 0.3 is 0 Å². The van der Waals surface area contributed by atoms with Gasteiger partial charge in [0.15, 0.2) is 0 Å². The molecule has 0 atom stereocenters. The molecule has 4 aromatic rings. The van der Waals surface area contributed by atoms with E-state index in [-0.39, 0.29) is 5.82 Å². The van der Waals surface area contributed by atoms with E-state index in [1.165, 1.54) is 19.3 Å². The van der Waals surface area contributed by atoms with Crippen molar-refractivity contribution in [1.29, 1.82) is 0 Å². The summed E-state index contributed by atoms with van der Waals surface area (Å²) < 4.78 is 21.0. The topological polar surface area (TPSA) is 22.1 Å². The molecule has 0 aliphatic carbocycles. The molecule has 4 rings (SSSR count). The summed E-state index contributed by atoms with van der Waals surface area (Å²) in [5.41, 5.74) is 3.69. The summed E-state index contributed by atoms with van der Waals surface area (Å²) in [4.78, 5) is 4.55. The Morgan fingerprint density at radius 2 is 1.73 bits per heavy atom. The molecule has 0 unspecified atom stereocenters. The highest BCUT2D eigenvalue weighted by Crippen LogP contribution is 2.28. The molecule has 33 heavy (non-hydrogen) atoms. The number of nitrogens with zero attached hydrogens (tertiary/aromatic N) is 1. The van der Waals surface area contributed by atoms with Gasteiger partial charge in [0.05, 0.1) is 18.5 Å². The van der Waals surface area contributed by atoms with E-state index in [0.29, 0.717) is 16.8 Å². The summed E-state index contributed by atoms with van der Waals surface area (Å²) in [5, 5.41) is 2.23. The minimum atomic E-state index is -0.146. The molecule has 4 heteroatoms. The number of aryl methyl sites for hydroxylation is 2. The molecule has 0 fully saturated rings.